The van der Waals surface area contributed by atoms with Crippen molar-refractivity contribution >= 4 is 5.69 Å². The SMILES string of the molecule is Cc1cccc(N2CC(CO)CCC2(C)C)c1. The van der Waals surface area contributed by atoms with Crippen molar-refractivity contribution in [2.24, 2.45) is 5.92 Å². The molecule has 2 heteroatoms. The number of hydrogen-bond acceptors (Lipinski definition) is 2. The van der Waals surface area contributed by atoms with E-state index in [0.29, 0.717) is 12.5 Å². The monoisotopic (exact) mass is 233 g/mol. The molecule has 1 aromatic rings. The number of benzene rings is 1. The van der Waals surface area contributed by atoms with Gasteiger partial charge in [0.05, 0.1) is 0 Å². The number of aliphatic hydroxyl groups excluding tert-OH is 1. The van der Waals surface area contributed by atoms with Crippen LogP contribution in [-0.4, -0.2) is 23.8 Å². The van der Waals surface area contributed by atoms with E-state index in [1.165, 1.54) is 11.3 Å². The Kier molecular flexibility index (Phi) is 3.43. The quantitative estimate of drug-likeness (QED) is 0.849. The van der Waals surface area contributed by atoms with Crippen molar-refractivity contribution in [2.75, 3.05) is 18.1 Å². The van der Waals surface area contributed by atoms with Crippen molar-refractivity contribution in [3.05, 3.63) is 29.8 Å². The highest BCUT2D eigenvalue weighted by Crippen LogP contribution is 2.34. The van der Waals surface area contributed by atoms with E-state index >= 15 is 0 Å². The molecule has 1 heterocycles. The summed E-state index contributed by atoms with van der Waals surface area (Å²) in [6, 6.07) is 8.66. The Bertz CT molecular complexity index is 386. The first-order valence-corrected chi connectivity index (χ1v) is 6.48. The predicted molar refractivity (Wildman–Crippen MR) is 72.4 cm³/mol. The molecule has 0 radical (unpaired) electrons. The molecule has 17 heavy (non-hydrogen) atoms. The van der Waals surface area contributed by atoms with Gasteiger partial charge in [-0.05, 0) is 57.2 Å². The lowest BCUT2D eigenvalue weighted by molar-refractivity contribution is 0.181. The Morgan fingerprint density at radius 3 is 2.82 bits per heavy atom. The van der Waals surface area contributed by atoms with Gasteiger partial charge in [-0.3, -0.25) is 0 Å². The summed E-state index contributed by atoms with van der Waals surface area (Å²) >= 11 is 0. The zero-order valence-corrected chi connectivity index (χ0v) is 11.1. The molecule has 1 aromatic carbocycles. The van der Waals surface area contributed by atoms with Crippen molar-refractivity contribution in [1.82, 2.24) is 0 Å². The number of rotatable bonds is 2. The highest BCUT2D eigenvalue weighted by Gasteiger charge is 2.33. The van der Waals surface area contributed by atoms with E-state index in [1.54, 1.807) is 0 Å². The first-order valence-electron chi connectivity index (χ1n) is 6.48. The highest BCUT2D eigenvalue weighted by atomic mass is 16.3. The average Bonchev–Trinajstić information content (AvgIpc) is 2.29. The summed E-state index contributed by atoms with van der Waals surface area (Å²) in [5.41, 5.74) is 2.77. The summed E-state index contributed by atoms with van der Waals surface area (Å²) in [5.74, 6) is 0.420. The molecule has 1 unspecified atom stereocenters. The van der Waals surface area contributed by atoms with Gasteiger partial charge in [0, 0.05) is 24.4 Å². The first-order chi connectivity index (χ1) is 8.03. The Labute approximate surface area is 104 Å². The second-order valence-corrected chi connectivity index (χ2v) is 5.85. The molecule has 1 saturated heterocycles. The fourth-order valence-corrected chi connectivity index (χ4v) is 2.69. The molecule has 0 aromatic heterocycles. The molecule has 1 fully saturated rings. The second kappa shape index (κ2) is 4.69. The van der Waals surface area contributed by atoms with Crippen molar-refractivity contribution in [3.63, 3.8) is 0 Å². The zero-order valence-electron chi connectivity index (χ0n) is 11.1. The lowest BCUT2D eigenvalue weighted by atomic mass is 9.84. The van der Waals surface area contributed by atoms with Gasteiger partial charge in [-0.1, -0.05) is 12.1 Å². The van der Waals surface area contributed by atoms with Gasteiger partial charge in [-0.15, -0.1) is 0 Å². The molecule has 0 aliphatic carbocycles. The highest BCUT2D eigenvalue weighted by molar-refractivity contribution is 5.51. The number of aliphatic hydroxyl groups is 1. The third-order valence-corrected chi connectivity index (χ3v) is 3.91. The van der Waals surface area contributed by atoms with Crippen molar-refractivity contribution in [3.8, 4) is 0 Å². The summed E-state index contributed by atoms with van der Waals surface area (Å²) in [4.78, 5) is 2.45. The van der Waals surface area contributed by atoms with E-state index in [2.05, 4.69) is 49.9 Å². The summed E-state index contributed by atoms with van der Waals surface area (Å²) in [6.45, 7) is 7.99. The van der Waals surface area contributed by atoms with Gasteiger partial charge in [0.2, 0.25) is 0 Å². The molecule has 1 N–H and O–H groups in total. The maximum atomic E-state index is 9.35. The maximum absolute atomic E-state index is 9.35. The van der Waals surface area contributed by atoms with E-state index in [9.17, 15) is 5.11 Å². The normalized spacial score (nSPS) is 23.8. The molecular formula is C15H23NO. The van der Waals surface area contributed by atoms with Gasteiger partial charge in [-0.2, -0.15) is 0 Å². The van der Waals surface area contributed by atoms with Crippen LogP contribution in [0.25, 0.3) is 0 Å². The van der Waals surface area contributed by atoms with Crippen molar-refractivity contribution < 1.29 is 5.11 Å². The van der Waals surface area contributed by atoms with Crippen LogP contribution < -0.4 is 4.90 Å². The Morgan fingerprint density at radius 1 is 1.41 bits per heavy atom. The van der Waals surface area contributed by atoms with E-state index in [-0.39, 0.29) is 5.54 Å². The van der Waals surface area contributed by atoms with Crippen LogP contribution in [0.4, 0.5) is 5.69 Å². The van der Waals surface area contributed by atoms with E-state index in [4.69, 9.17) is 0 Å². The molecule has 0 amide bonds. The molecule has 94 valence electrons. The minimum atomic E-state index is 0.194. The van der Waals surface area contributed by atoms with Crippen molar-refractivity contribution in [1.29, 1.82) is 0 Å². The molecular weight excluding hydrogens is 210 g/mol. The lowest BCUT2D eigenvalue weighted by Gasteiger charge is -2.47. The fraction of sp³-hybridized carbons (Fsp3) is 0.600. The number of hydrogen-bond donors (Lipinski definition) is 1. The van der Waals surface area contributed by atoms with Crippen LogP contribution in [0, 0.1) is 12.8 Å². The summed E-state index contributed by atoms with van der Waals surface area (Å²) < 4.78 is 0. The number of anilines is 1. The first kappa shape index (κ1) is 12.4. The van der Waals surface area contributed by atoms with Crippen LogP contribution in [0.3, 0.4) is 0 Å². The average molecular weight is 233 g/mol. The van der Waals surface area contributed by atoms with Crippen LogP contribution >= 0.6 is 0 Å². The number of aryl methyl sites for hydroxylation is 1. The second-order valence-electron chi connectivity index (χ2n) is 5.85. The minimum absolute atomic E-state index is 0.194. The zero-order chi connectivity index (χ0) is 12.5. The topological polar surface area (TPSA) is 23.5 Å². The maximum Gasteiger partial charge on any atom is 0.0476 e. The molecule has 1 aliphatic heterocycles. The fourth-order valence-electron chi connectivity index (χ4n) is 2.69. The Hall–Kier alpha value is -1.02. The third-order valence-electron chi connectivity index (χ3n) is 3.91. The van der Waals surface area contributed by atoms with E-state index < -0.39 is 0 Å². The minimum Gasteiger partial charge on any atom is -0.396 e. The van der Waals surface area contributed by atoms with Crippen LogP contribution in [-0.2, 0) is 0 Å². The van der Waals surface area contributed by atoms with Crippen LogP contribution in [0.2, 0.25) is 0 Å². The summed E-state index contributed by atoms with van der Waals surface area (Å²) in [5, 5.41) is 9.35. The summed E-state index contributed by atoms with van der Waals surface area (Å²) in [7, 11) is 0. The molecule has 0 bridgehead atoms. The molecule has 2 nitrogen and oxygen atoms in total. The van der Waals surface area contributed by atoms with Gasteiger partial charge < -0.3 is 10.0 Å². The number of piperidine rings is 1. The van der Waals surface area contributed by atoms with Crippen LogP contribution in [0.5, 0.6) is 0 Å². The van der Waals surface area contributed by atoms with Gasteiger partial charge >= 0.3 is 0 Å². The summed E-state index contributed by atoms with van der Waals surface area (Å²) in [6.07, 6.45) is 2.28. The molecule has 2 rings (SSSR count). The smallest absolute Gasteiger partial charge is 0.0476 e. The number of nitrogens with zero attached hydrogens (tertiary/aromatic N) is 1. The van der Waals surface area contributed by atoms with E-state index in [1.807, 2.05) is 0 Å². The molecule has 0 saturated carbocycles. The lowest BCUT2D eigenvalue weighted by Crippen LogP contribution is -2.51. The van der Waals surface area contributed by atoms with Crippen LogP contribution in [0.15, 0.2) is 24.3 Å². The molecule has 1 aliphatic rings. The van der Waals surface area contributed by atoms with Gasteiger partial charge in [0.25, 0.3) is 0 Å². The largest absolute Gasteiger partial charge is 0.396 e. The van der Waals surface area contributed by atoms with Crippen LogP contribution in [0.1, 0.15) is 32.3 Å². The van der Waals surface area contributed by atoms with E-state index in [0.717, 1.165) is 19.4 Å². The third kappa shape index (κ3) is 2.63. The Balaban J connectivity index is 2.27. The predicted octanol–water partition coefficient (Wildman–Crippen LogP) is 2.98. The standard InChI is InChI=1S/C15H23NO/c1-12-5-4-6-14(9-12)16-10-13(11-17)7-8-15(16,2)3/h4-6,9,13,17H,7-8,10-11H2,1-3H3. The van der Waals surface area contributed by atoms with Gasteiger partial charge in [0.1, 0.15) is 0 Å². The Morgan fingerprint density at radius 2 is 2.18 bits per heavy atom. The molecule has 0 spiro atoms. The van der Waals surface area contributed by atoms with Gasteiger partial charge in [0.15, 0.2) is 0 Å². The van der Waals surface area contributed by atoms with Crippen molar-refractivity contribution in [2.45, 2.75) is 39.2 Å². The van der Waals surface area contributed by atoms with Gasteiger partial charge in [-0.25, -0.2) is 0 Å². The molecule has 1 atom stereocenters.